The number of nitrogens with zero attached hydrogens (tertiary/aromatic N) is 1. The second-order valence-corrected chi connectivity index (χ2v) is 6.22. The van der Waals surface area contributed by atoms with Gasteiger partial charge in [0.1, 0.15) is 5.82 Å². The van der Waals surface area contributed by atoms with Gasteiger partial charge in [-0.1, -0.05) is 0 Å². The zero-order valence-corrected chi connectivity index (χ0v) is 12.3. The van der Waals surface area contributed by atoms with Gasteiger partial charge in [0.2, 0.25) is 10.0 Å². The minimum absolute atomic E-state index is 0.116. The fourth-order valence-electron chi connectivity index (χ4n) is 1.98. The molecule has 22 heavy (non-hydrogen) atoms. The number of halogens is 1. The van der Waals surface area contributed by atoms with Crippen LogP contribution in [0.5, 0.6) is 0 Å². The molecule has 1 aliphatic rings. The van der Waals surface area contributed by atoms with Crippen LogP contribution in [0.25, 0.3) is 0 Å². The molecule has 2 rings (SSSR count). The molecule has 0 radical (unpaired) electrons. The number of hydrogen-bond acceptors (Lipinski definition) is 4. The van der Waals surface area contributed by atoms with Crippen molar-refractivity contribution in [3.63, 3.8) is 0 Å². The lowest BCUT2D eigenvalue weighted by Crippen LogP contribution is -2.37. The van der Waals surface area contributed by atoms with Gasteiger partial charge >= 0.3 is 6.03 Å². The summed E-state index contributed by atoms with van der Waals surface area (Å²) >= 11 is 0. The van der Waals surface area contributed by atoms with Crippen molar-refractivity contribution in [2.75, 3.05) is 26.2 Å². The zero-order chi connectivity index (χ0) is 16.3. The first-order valence-electron chi connectivity index (χ1n) is 6.42. The van der Waals surface area contributed by atoms with Crippen molar-refractivity contribution in [3.05, 3.63) is 29.6 Å². The number of urea groups is 1. The molecule has 10 heteroatoms. The van der Waals surface area contributed by atoms with Crippen LogP contribution in [-0.2, 0) is 10.0 Å². The van der Waals surface area contributed by atoms with Crippen molar-refractivity contribution in [3.8, 4) is 0 Å². The lowest BCUT2D eigenvalue weighted by molar-refractivity contribution is 0.0946. The molecule has 120 valence electrons. The van der Waals surface area contributed by atoms with Gasteiger partial charge in [0.25, 0.3) is 5.91 Å². The van der Waals surface area contributed by atoms with Gasteiger partial charge in [-0.2, -0.15) is 0 Å². The molecule has 0 spiro atoms. The number of sulfonamides is 1. The Morgan fingerprint density at radius 3 is 2.77 bits per heavy atom. The molecule has 8 nitrogen and oxygen atoms in total. The van der Waals surface area contributed by atoms with E-state index in [1.54, 1.807) is 0 Å². The summed E-state index contributed by atoms with van der Waals surface area (Å²) < 4.78 is 36.1. The Labute approximate surface area is 126 Å². The molecule has 0 saturated carbocycles. The Morgan fingerprint density at radius 1 is 1.45 bits per heavy atom. The summed E-state index contributed by atoms with van der Waals surface area (Å²) in [5.41, 5.74) is -0.419. The molecule has 1 saturated heterocycles. The molecule has 4 N–H and O–H groups in total. The summed E-state index contributed by atoms with van der Waals surface area (Å²) in [5.74, 6) is -1.63. The number of nitrogens with one attached hydrogen (secondary N) is 2. The highest BCUT2D eigenvalue weighted by Gasteiger charge is 2.20. The molecule has 0 unspecified atom stereocenters. The van der Waals surface area contributed by atoms with E-state index >= 15 is 0 Å². The predicted molar refractivity (Wildman–Crippen MR) is 75.1 cm³/mol. The van der Waals surface area contributed by atoms with Crippen molar-refractivity contribution in [2.24, 2.45) is 5.14 Å². The number of benzene rings is 1. The Morgan fingerprint density at radius 2 is 2.18 bits per heavy atom. The first kappa shape index (κ1) is 16.2. The van der Waals surface area contributed by atoms with Gasteiger partial charge in [-0.3, -0.25) is 4.79 Å². The van der Waals surface area contributed by atoms with Crippen molar-refractivity contribution in [1.82, 2.24) is 15.5 Å². The van der Waals surface area contributed by atoms with Gasteiger partial charge in [0.05, 0.1) is 10.5 Å². The van der Waals surface area contributed by atoms with E-state index in [4.69, 9.17) is 5.14 Å². The van der Waals surface area contributed by atoms with E-state index in [0.29, 0.717) is 13.1 Å². The lowest BCUT2D eigenvalue weighted by atomic mass is 10.2. The number of rotatable bonds is 5. The molecular formula is C12H15FN4O4S. The second-order valence-electron chi connectivity index (χ2n) is 4.66. The molecule has 0 aliphatic carbocycles. The van der Waals surface area contributed by atoms with Gasteiger partial charge in [-0.05, 0) is 18.2 Å². The SMILES string of the molecule is NS(=O)(=O)c1ccc(F)c(C(=O)NCCN2CCNC2=O)c1. The van der Waals surface area contributed by atoms with E-state index in [0.717, 1.165) is 18.2 Å². The summed E-state index contributed by atoms with van der Waals surface area (Å²) in [7, 11) is -4.02. The van der Waals surface area contributed by atoms with Gasteiger partial charge in [0, 0.05) is 26.2 Å². The minimum Gasteiger partial charge on any atom is -0.350 e. The third kappa shape index (κ3) is 3.71. The molecule has 1 fully saturated rings. The molecule has 3 amide bonds. The van der Waals surface area contributed by atoms with Crippen LogP contribution in [0.3, 0.4) is 0 Å². The van der Waals surface area contributed by atoms with Crippen LogP contribution in [0.1, 0.15) is 10.4 Å². The van der Waals surface area contributed by atoms with Crippen LogP contribution in [-0.4, -0.2) is 51.4 Å². The average Bonchev–Trinajstić information content (AvgIpc) is 2.83. The molecule has 0 aromatic heterocycles. The molecule has 1 aromatic carbocycles. The first-order chi connectivity index (χ1) is 10.3. The lowest BCUT2D eigenvalue weighted by Gasteiger charge is -2.14. The second kappa shape index (κ2) is 6.28. The number of primary sulfonamides is 1. The number of nitrogens with two attached hydrogens (primary N) is 1. The number of amides is 3. The van der Waals surface area contributed by atoms with E-state index in [9.17, 15) is 22.4 Å². The molecule has 1 aromatic rings. The summed E-state index contributed by atoms with van der Waals surface area (Å²) in [5, 5.41) is 9.98. The maximum Gasteiger partial charge on any atom is 0.317 e. The Bertz CT molecular complexity index is 707. The van der Waals surface area contributed by atoms with Crippen LogP contribution in [0.15, 0.2) is 23.1 Å². The third-order valence-electron chi connectivity index (χ3n) is 3.12. The number of carbonyl (C=O) groups is 2. The fraction of sp³-hybridized carbons (Fsp3) is 0.333. The van der Waals surface area contributed by atoms with Gasteiger partial charge < -0.3 is 15.5 Å². The highest BCUT2D eigenvalue weighted by molar-refractivity contribution is 7.89. The minimum atomic E-state index is -4.02. The summed E-state index contributed by atoms with van der Waals surface area (Å²) in [6.07, 6.45) is 0. The van der Waals surface area contributed by atoms with Gasteiger partial charge in [-0.15, -0.1) is 0 Å². The molecule has 1 aliphatic heterocycles. The van der Waals surface area contributed by atoms with Crippen molar-refractivity contribution >= 4 is 22.0 Å². The smallest absolute Gasteiger partial charge is 0.317 e. The van der Waals surface area contributed by atoms with Crippen LogP contribution in [0.4, 0.5) is 9.18 Å². The van der Waals surface area contributed by atoms with Crippen LogP contribution in [0, 0.1) is 5.82 Å². The average molecular weight is 330 g/mol. The molecule has 0 atom stereocenters. The van der Waals surface area contributed by atoms with E-state index in [1.165, 1.54) is 4.90 Å². The van der Waals surface area contributed by atoms with Crippen molar-refractivity contribution < 1.29 is 22.4 Å². The quantitative estimate of drug-likeness (QED) is 0.656. The fourth-order valence-corrected chi connectivity index (χ4v) is 2.52. The van der Waals surface area contributed by atoms with Gasteiger partial charge in [-0.25, -0.2) is 22.7 Å². The predicted octanol–water partition coefficient (Wildman–Crippen LogP) is -0.772. The maximum atomic E-state index is 13.6. The van der Waals surface area contributed by atoms with Gasteiger partial charge in [0.15, 0.2) is 0 Å². The molecule has 0 bridgehead atoms. The largest absolute Gasteiger partial charge is 0.350 e. The first-order valence-corrected chi connectivity index (χ1v) is 7.97. The summed E-state index contributed by atoms with van der Waals surface area (Å²) in [6, 6.07) is 2.50. The van der Waals surface area contributed by atoms with E-state index in [1.807, 2.05) is 0 Å². The Hall–Kier alpha value is -2.20. The standard InChI is InChI=1S/C12H15FN4O4S/c13-10-2-1-8(22(14,20)21)7-9(10)11(18)15-3-5-17-6-4-16-12(17)19/h1-2,7H,3-6H2,(H,15,18)(H,16,19)(H2,14,20,21). The van der Waals surface area contributed by atoms with E-state index < -0.39 is 27.3 Å². The normalized spacial score (nSPS) is 14.8. The highest BCUT2D eigenvalue weighted by Crippen LogP contribution is 2.14. The monoisotopic (exact) mass is 330 g/mol. The molecule has 1 heterocycles. The van der Waals surface area contributed by atoms with E-state index in [-0.39, 0.29) is 24.0 Å². The maximum absolute atomic E-state index is 13.6. The summed E-state index contributed by atoms with van der Waals surface area (Å²) in [4.78, 5) is 24.3. The van der Waals surface area contributed by atoms with Crippen molar-refractivity contribution in [1.29, 1.82) is 0 Å². The Balaban J connectivity index is 2.01. The summed E-state index contributed by atoms with van der Waals surface area (Å²) in [6.45, 7) is 1.46. The molecular weight excluding hydrogens is 315 g/mol. The highest BCUT2D eigenvalue weighted by atomic mass is 32.2. The van der Waals surface area contributed by atoms with Crippen LogP contribution >= 0.6 is 0 Å². The van der Waals surface area contributed by atoms with Crippen LogP contribution < -0.4 is 15.8 Å². The number of hydrogen-bond donors (Lipinski definition) is 3. The topological polar surface area (TPSA) is 122 Å². The number of carbonyl (C=O) groups excluding carboxylic acids is 2. The van der Waals surface area contributed by atoms with Crippen LogP contribution in [0.2, 0.25) is 0 Å². The van der Waals surface area contributed by atoms with Crippen molar-refractivity contribution in [2.45, 2.75) is 4.90 Å². The Kier molecular flexibility index (Phi) is 4.62. The zero-order valence-electron chi connectivity index (χ0n) is 11.5. The third-order valence-corrected chi connectivity index (χ3v) is 4.03. The van der Waals surface area contributed by atoms with E-state index in [2.05, 4.69) is 10.6 Å².